The fourth-order valence-electron chi connectivity index (χ4n) is 3.60. The molecule has 29 heavy (non-hydrogen) atoms. The number of nitrogens with zero attached hydrogens (tertiary/aromatic N) is 3. The van der Waals surface area contributed by atoms with Gasteiger partial charge >= 0.3 is 5.97 Å². The van der Waals surface area contributed by atoms with E-state index in [4.69, 9.17) is 4.74 Å². The van der Waals surface area contributed by atoms with Crippen molar-refractivity contribution >= 4 is 40.0 Å². The smallest absolute Gasteiger partial charge is 0.341 e. The van der Waals surface area contributed by atoms with Crippen LogP contribution in [0.1, 0.15) is 66.9 Å². The molecule has 0 bridgehead atoms. The number of fused-ring (bicyclic) bond motifs is 1. The number of carbonyl (C=O) groups excluding carboxylic acids is 2. The Morgan fingerprint density at radius 3 is 2.93 bits per heavy atom. The Morgan fingerprint density at radius 2 is 2.21 bits per heavy atom. The summed E-state index contributed by atoms with van der Waals surface area (Å²) in [5, 5.41) is 12.2. The number of amides is 1. The average molecular weight is 435 g/mol. The highest BCUT2D eigenvalue weighted by Crippen LogP contribution is 2.41. The molecule has 1 saturated carbocycles. The van der Waals surface area contributed by atoms with E-state index in [2.05, 4.69) is 22.4 Å². The molecular weight excluding hydrogens is 408 g/mol. The highest BCUT2D eigenvalue weighted by molar-refractivity contribution is 8.00. The third kappa shape index (κ3) is 4.35. The number of ether oxygens (including phenoxy) is 1. The molecule has 2 aliphatic carbocycles. The molecule has 1 amide bonds. The number of nitrogens with one attached hydrogen (secondary N) is 1. The molecule has 156 valence electrons. The van der Waals surface area contributed by atoms with Gasteiger partial charge in [-0.25, -0.2) is 4.79 Å². The van der Waals surface area contributed by atoms with Crippen molar-refractivity contribution in [3.05, 3.63) is 22.3 Å². The number of anilines is 1. The van der Waals surface area contributed by atoms with E-state index in [1.165, 1.54) is 28.0 Å². The molecule has 0 aliphatic heterocycles. The lowest BCUT2D eigenvalue weighted by Gasteiger charge is -2.18. The van der Waals surface area contributed by atoms with Crippen molar-refractivity contribution < 1.29 is 14.3 Å². The molecule has 2 aromatic rings. The van der Waals surface area contributed by atoms with Crippen molar-refractivity contribution in [2.75, 3.05) is 11.9 Å². The molecule has 7 nitrogen and oxygen atoms in total. The molecule has 0 radical (unpaired) electrons. The normalized spacial score (nSPS) is 19.5. The Labute approximate surface area is 178 Å². The number of hydrogen-bond donors (Lipinski definition) is 1. The van der Waals surface area contributed by atoms with Crippen LogP contribution in [0.3, 0.4) is 0 Å². The van der Waals surface area contributed by atoms with Gasteiger partial charge in [-0.15, -0.1) is 21.5 Å². The second kappa shape index (κ2) is 8.47. The third-order valence-electron chi connectivity index (χ3n) is 5.36. The van der Waals surface area contributed by atoms with Crippen molar-refractivity contribution in [3.8, 4) is 0 Å². The fraction of sp³-hybridized carbons (Fsp3) is 0.600. The van der Waals surface area contributed by atoms with Crippen molar-refractivity contribution in [3.63, 3.8) is 0 Å². The van der Waals surface area contributed by atoms with Gasteiger partial charge in [0.25, 0.3) is 0 Å². The Kier molecular flexibility index (Phi) is 5.96. The van der Waals surface area contributed by atoms with Crippen LogP contribution in [0.5, 0.6) is 0 Å². The quantitative estimate of drug-likeness (QED) is 0.522. The summed E-state index contributed by atoms with van der Waals surface area (Å²) in [5.74, 6) is 0.101. The summed E-state index contributed by atoms with van der Waals surface area (Å²) in [6.07, 6.45) is 6.84. The lowest BCUT2D eigenvalue weighted by molar-refractivity contribution is -0.115. The predicted octanol–water partition coefficient (Wildman–Crippen LogP) is 4.10. The van der Waals surface area contributed by atoms with Crippen molar-refractivity contribution in [2.24, 2.45) is 5.92 Å². The molecule has 1 N–H and O–H groups in total. The van der Waals surface area contributed by atoms with Crippen LogP contribution < -0.4 is 5.32 Å². The molecule has 0 saturated heterocycles. The van der Waals surface area contributed by atoms with E-state index in [1.807, 2.05) is 11.5 Å². The molecule has 4 rings (SSSR count). The number of aromatic nitrogens is 3. The molecular formula is C20H26N4O3S2. The van der Waals surface area contributed by atoms with Gasteiger partial charge in [0.05, 0.1) is 17.4 Å². The largest absolute Gasteiger partial charge is 0.462 e. The molecule has 0 spiro atoms. The van der Waals surface area contributed by atoms with Gasteiger partial charge in [-0.2, -0.15) is 0 Å². The molecule has 2 atom stereocenters. The second-order valence-corrected chi connectivity index (χ2v) is 10.2. The zero-order valence-corrected chi connectivity index (χ0v) is 18.6. The summed E-state index contributed by atoms with van der Waals surface area (Å²) in [6, 6.07) is 0.462. The number of thiophene rings is 1. The van der Waals surface area contributed by atoms with Crippen LogP contribution in [0.15, 0.2) is 11.5 Å². The molecule has 0 aromatic carbocycles. The topological polar surface area (TPSA) is 86.1 Å². The zero-order valence-electron chi connectivity index (χ0n) is 16.9. The highest BCUT2D eigenvalue weighted by Gasteiger charge is 2.31. The fourth-order valence-corrected chi connectivity index (χ4v) is 5.90. The highest BCUT2D eigenvalue weighted by atomic mass is 32.2. The van der Waals surface area contributed by atoms with Gasteiger partial charge in [0.15, 0.2) is 5.16 Å². The maximum atomic E-state index is 12.9. The molecule has 2 aliphatic rings. The lowest BCUT2D eigenvalue weighted by atomic mass is 9.88. The van der Waals surface area contributed by atoms with Crippen molar-refractivity contribution in [2.45, 2.75) is 69.3 Å². The summed E-state index contributed by atoms with van der Waals surface area (Å²) >= 11 is 2.91. The maximum absolute atomic E-state index is 12.9. The first-order chi connectivity index (χ1) is 14.0. The number of hydrogen-bond acceptors (Lipinski definition) is 7. The van der Waals surface area contributed by atoms with Gasteiger partial charge in [-0.05, 0) is 57.4 Å². The number of esters is 1. The standard InChI is InChI=1S/C20H26N4O3S2/c1-4-27-19(26)16-14-8-5-11(2)9-15(14)29-18(16)22-17(25)12(3)28-20-23-21-10-24(20)13-6-7-13/h10-13H,4-9H2,1-3H3,(H,22,25). The minimum Gasteiger partial charge on any atom is -0.462 e. The first-order valence-corrected chi connectivity index (χ1v) is 11.9. The summed E-state index contributed by atoms with van der Waals surface area (Å²) in [6.45, 7) is 6.19. The molecule has 9 heteroatoms. The summed E-state index contributed by atoms with van der Waals surface area (Å²) in [7, 11) is 0. The summed E-state index contributed by atoms with van der Waals surface area (Å²) in [4.78, 5) is 26.7. The number of rotatable bonds is 7. The molecule has 2 unspecified atom stereocenters. The Morgan fingerprint density at radius 1 is 1.41 bits per heavy atom. The molecule has 2 aromatic heterocycles. The summed E-state index contributed by atoms with van der Waals surface area (Å²) < 4.78 is 7.33. The van der Waals surface area contributed by atoms with Crippen LogP contribution >= 0.6 is 23.1 Å². The van der Waals surface area contributed by atoms with E-state index >= 15 is 0 Å². The number of carbonyl (C=O) groups is 2. The van der Waals surface area contributed by atoms with E-state index in [9.17, 15) is 9.59 Å². The SMILES string of the molecule is CCOC(=O)c1c(NC(=O)C(C)Sc2nncn2C2CC2)sc2c1CCC(C)C2. The first kappa shape index (κ1) is 20.4. The van der Waals surface area contributed by atoms with Gasteiger partial charge in [-0.3, -0.25) is 4.79 Å². The Hall–Kier alpha value is -1.87. The zero-order chi connectivity index (χ0) is 20.5. The van der Waals surface area contributed by atoms with Gasteiger partial charge in [0.1, 0.15) is 11.3 Å². The van der Waals surface area contributed by atoms with E-state index in [-0.39, 0.29) is 17.1 Å². The van der Waals surface area contributed by atoms with Crippen LogP contribution in [0.4, 0.5) is 5.00 Å². The average Bonchev–Trinajstić information content (AvgIpc) is 3.32. The third-order valence-corrected chi connectivity index (χ3v) is 7.60. The van der Waals surface area contributed by atoms with Gasteiger partial charge in [-0.1, -0.05) is 18.7 Å². The van der Waals surface area contributed by atoms with E-state index in [0.717, 1.165) is 42.8 Å². The molecule has 1 fully saturated rings. The Bertz CT molecular complexity index is 919. The molecule has 2 heterocycles. The van der Waals surface area contributed by atoms with Crippen LogP contribution in [0, 0.1) is 5.92 Å². The number of thioether (sulfide) groups is 1. The van der Waals surface area contributed by atoms with Crippen LogP contribution in [-0.4, -0.2) is 38.5 Å². The van der Waals surface area contributed by atoms with Crippen LogP contribution in [0.25, 0.3) is 0 Å². The minimum absolute atomic E-state index is 0.141. The first-order valence-electron chi connectivity index (χ1n) is 10.2. The maximum Gasteiger partial charge on any atom is 0.341 e. The van der Waals surface area contributed by atoms with Crippen LogP contribution in [0.2, 0.25) is 0 Å². The monoisotopic (exact) mass is 434 g/mol. The minimum atomic E-state index is -0.357. The van der Waals surface area contributed by atoms with E-state index < -0.39 is 0 Å². The van der Waals surface area contributed by atoms with Crippen molar-refractivity contribution in [1.82, 2.24) is 14.8 Å². The van der Waals surface area contributed by atoms with Gasteiger partial charge in [0.2, 0.25) is 5.91 Å². The summed E-state index contributed by atoms with van der Waals surface area (Å²) in [5.41, 5.74) is 1.60. The lowest BCUT2D eigenvalue weighted by Crippen LogP contribution is -2.24. The van der Waals surface area contributed by atoms with E-state index in [1.54, 1.807) is 13.3 Å². The van der Waals surface area contributed by atoms with Crippen molar-refractivity contribution in [1.29, 1.82) is 0 Å². The van der Waals surface area contributed by atoms with Gasteiger partial charge in [0, 0.05) is 10.9 Å². The Balaban J connectivity index is 1.52. The van der Waals surface area contributed by atoms with Crippen LogP contribution in [-0.2, 0) is 22.4 Å². The predicted molar refractivity (Wildman–Crippen MR) is 114 cm³/mol. The van der Waals surface area contributed by atoms with E-state index in [0.29, 0.717) is 29.1 Å². The second-order valence-electron chi connectivity index (χ2n) is 7.78. The van der Waals surface area contributed by atoms with Gasteiger partial charge < -0.3 is 14.6 Å².